The third-order valence-corrected chi connectivity index (χ3v) is 5.80. The normalized spacial score (nSPS) is 13.9. The number of aromatic amines is 1. The Hall–Kier alpha value is -3.78. The molecule has 2 N–H and O–H groups in total. The van der Waals surface area contributed by atoms with Crippen molar-refractivity contribution in [3.8, 4) is 11.1 Å². The first-order chi connectivity index (χ1) is 14.7. The standard InChI is InChI=1S/C22H17N5O2S/c28-20(26-22-23-8-9-30-22)19(14-4-2-1-3-5-14)27-13-16-7-6-15(10-18(16)21(27)29)17-11-24-25-12-17/h1-12,19H,13H2,(H,24,25)(H,23,26,28). The van der Waals surface area contributed by atoms with Crippen LogP contribution in [0.1, 0.15) is 27.5 Å². The Morgan fingerprint density at radius 1 is 1.17 bits per heavy atom. The lowest BCUT2D eigenvalue weighted by atomic mass is 10.0. The number of anilines is 1. The van der Waals surface area contributed by atoms with E-state index in [2.05, 4.69) is 20.5 Å². The first-order valence-corrected chi connectivity index (χ1v) is 10.3. The second kappa shape index (κ2) is 7.57. The molecule has 0 radical (unpaired) electrons. The molecule has 8 heteroatoms. The van der Waals surface area contributed by atoms with Crippen molar-refractivity contribution in [2.75, 3.05) is 5.32 Å². The van der Waals surface area contributed by atoms with Gasteiger partial charge in [-0.1, -0.05) is 42.5 Å². The molecule has 1 aliphatic heterocycles. The van der Waals surface area contributed by atoms with E-state index in [1.54, 1.807) is 28.9 Å². The van der Waals surface area contributed by atoms with Gasteiger partial charge in [-0.05, 0) is 22.8 Å². The van der Waals surface area contributed by atoms with Gasteiger partial charge in [0.05, 0.1) is 6.20 Å². The number of carbonyl (C=O) groups excluding carboxylic acids is 2. The molecule has 5 rings (SSSR count). The van der Waals surface area contributed by atoms with E-state index < -0.39 is 6.04 Å². The van der Waals surface area contributed by atoms with E-state index in [1.807, 2.05) is 48.5 Å². The quantitative estimate of drug-likeness (QED) is 0.518. The topological polar surface area (TPSA) is 91.0 Å². The lowest BCUT2D eigenvalue weighted by Crippen LogP contribution is -2.37. The molecular weight excluding hydrogens is 398 g/mol. The first kappa shape index (κ1) is 18.3. The van der Waals surface area contributed by atoms with E-state index in [0.717, 1.165) is 22.3 Å². The molecule has 0 saturated heterocycles. The van der Waals surface area contributed by atoms with E-state index in [4.69, 9.17) is 0 Å². The predicted octanol–water partition coefficient (Wildman–Crippen LogP) is 3.87. The van der Waals surface area contributed by atoms with Gasteiger partial charge in [0.2, 0.25) is 0 Å². The Morgan fingerprint density at radius 2 is 2.03 bits per heavy atom. The Kier molecular flexibility index (Phi) is 4.61. The minimum Gasteiger partial charge on any atom is -0.318 e. The Labute approximate surface area is 176 Å². The number of nitrogens with one attached hydrogen (secondary N) is 2. The summed E-state index contributed by atoms with van der Waals surface area (Å²) >= 11 is 1.34. The maximum absolute atomic E-state index is 13.3. The van der Waals surface area contributed by atoms with Crippen molar-refractivity contribution >= 4 is 28.3 Å². The monoisotopic (exact) mass is 415 g/mol. The highest BCUT2D eigenvalue weighted by Gasteiger charge is 2.37. The van der Waals surface area contributed by atoms with Crippen LogP contribution in [0.3, 0.4) is 0 Å². The number of amides is 2. The summed E-state index contributed by atoms with van der Waals surface area (Å²) in [7, 11) is 0. The fourth-order valence-electron chi connectivity index (χ4n) is 3.69. The first-order valence-electron chi connectivity index (χ1n) is 9.39. The van der Waals surface area contributed by atoms with Gasteiger partial charge < -0.3 is 4.90 Å². The molecule has 2 aromatic carbocycles. The zero-order valence-corrected chi connectivity index (χ0v) is 16.6. The maximum Gasteiger partial charge on any atom is 0.255 e. The second-order valence-corrected chi connectivity index (χ2v) is 7.83. The van der Waals surface area contributed by atoms with Gasteiger partial charge in [-0.3, -0.25) is 20.0 Å². The predicted molar refractivity (Wildman–Crippen MR) is 114 cm³/mol. The van der Waals surface area contributed by atoms with E-state index in [-0.39, 0.29) is 11.8 Å². The summed E-state index contributed by atoms with van der Waals surface area (Å²) in [5.41, 5.74) is 4.07. The number of aromatic nitrogens is 3. The maximum atomic E-state index is 13.3. The minimum atomic E-state index is -0.757. The molecule has 0 fully saturated rings. The Morgan fingerprint density at radius 3 is 2.77 bits per heavy atom. The molecule has 1 atom stereocenters. The zero-order chi connectivity index (χ0) is 20.5. The SMILES string of the molecule is O=C(Nc1nccs1)C(c1ccccc1)N1Cc2ccc(-c3cn[nH]c3)cc2C1=O. The minimum absolute atomic E-state index is 0.168. The molecule has 2 amide bonds. The molecule has 0 saturated carbocycles. The van der Waals surface area contributed by atoms with Crippen molar-refractivity contribution in [3.63, 3.8) is 0 Å². The van der Waals surface area contributed by atoms with Crippen LogP contribution in [-0.4, -0.2) is 31.9 Å². The molecule has 1 unspecified atom stereocenters. The van der Waals surface area contributed by atoms with Crippen LogP contribution in [0.15, 0.2) is 72.5 Å². The zero-order valence-electron chi connectivity index (χ0n) is 15.8. The fourth-order valence-corrected chi connectivity index (χ4v) is 4.22. The van der Waals surface area contributed by atoms with Gasteiger partial charge in [0.1, 0.15) is 6.04 Å². The highest BCUT2D eigenvalue weighted by Crippen LogP contribution is 2.34. The molecule has 0 aliphatic carbocycles. The van der Waals surface area contributed by atoms with Crippen molar-refractivity contribution in [1.82, 2.24) is 20.1 Å². The van der Waals surface area contributed by atoms with Gasteiger partial charge in [0.25, 0.3) is 11.8 Å². The van der Waals surface area contributed by atoms with Crippen molar-refractivity contribution < 1.29 is 9.59 Å². The van der Waals surface area contributed by atoms with Crippen molar-refractivity contribution in [1.29, 1.82) is 0 Å². The van der Waals surface area contributed by atoms with Crippen LogP contribution >= 0.6 is 11.3 Å². The molecule has 0 spiro atoms. The molecule has 30 heavy (non-hydrogen) atoms. The van der Waals surface area contributed by atoms with Gasteiger partial charge in [-0.2, -0.15) is 5.10 Å². The number of hydrogen-bond acceptors (Lipinski definition) is 5. The largest absolute Gasteiger partial charge is 0.318 e. The van der Waals surface area contributed by atoms with Crippen molar-refractivity contribution in [2.24, 2.45) is 0 Å². The summed E-state index contributed by atoms with van der Waals surface area (Å²) < 4.78 is 0. The molecule has 0 bridgehead atoms. The molecule has 1 aliphatic rings. The lowest BCUT2D eigenvalue weighted by molar-refractivity contribution is -0.120. The van der Waals surface area contributed by atoms with Gasteiger partial charge in [0.15, 0.2) is 5.13 Å². The second-order valence-electron chi connectivity index (χ2n) is 6.93. The number of rotatable bonds is 5. The van der Waals surface area contributed by atoms with Crippen LogP contribution in [0.25, 0.3) is 11.1 Å². The van der Waals surface area contributed by atoms with E-state index >= 15 is 0 Å². The van der Waals surface area contributed by atoms with Gasteiger partial charge >= 0.3 is 0 Å². The van der Waals surface area contributed by atoms with Crippen LogP contribution in [-0.2, 0) is 11.3 Å². The van der Waals surface area contributed by atoms with E-state index in [1.165, 1.54) is 11.3 Å². The van der Waals surface area contributed by atoms with Crippen molar-refractivity contribution in [3.05, 3.63) is 89.2 Å². The molecule has 2 aromatic heterocycles. The molecule has 3 heterocycles. The van der Waals surface area contributed by atoms with Crippen LogP contribution < -0.4 is 5.32 Å². The number of nitrogens with zero attached hydrogens (tertiary/aromatic N) is 3. The third-order valence-electron chi connectivity index (χ3n) is 5.11. The highest BCUT2D eigenvalue weighted by atomic mass is 32.1. The Bertz CT molecular complexity index is 1190. The summed E-state index contributed by atoms with van der Waals surface area (Å²) in [4.78, 5) is 32.3. The van der Waals surface area contributed by atoms with Gasteiger partial charge in [-0.15, -0.1) is 11.3 Å². The number of carbonyl (C=O) groups is 2. The smallest absolute Gasteiger partial charge is 0.255 e. The molecule has 148 valence electrons. The summed E-state index contributed by atoms with van der Waals surface area (Å²) in [6, 6.07) is 14.4. The van der Waals surface area contributed by atoms with Crippen LogP contribution in [0, 0.1) is 0 Å². The summed E-state index contributed by atoms with van der Waals surface area (Å²) in [6.45, 7) is 0.366. The number of fused-ring (bicyclic) bond motifs is 1. The summed E-state index contributed by atoms with van der Waals surface area (Å²) in [5, 5.41) is 11.9. The van der Waals surface area contributed by atoms with Gasteiger partial charge in [0, 0.05) is 35.4 Å². The average molecular weight is 415 g/mol. The van der Waals surface area contributed by atoms with Crippen LogP contribution in [0.4, 0.5) is 5.13 Å². The highest BCUT2D eigenvalue weighted by molar-refractivity contribution is 7.13. The number of hydrogen-bond donors (Lipinski definition) is 2. The fraction of sp³-hybridized carbons (Fsp3) is 0.0909. The van der Waals surface area contributed by atoms with Crippen LogP contribution in [0.2, 0.25) is 0 Å². The summed E-state index contributed by atoms with van der Waals surface area (Å²) in [5.74, 6) is -0.453. The lowest BCUT2D eigenvalue weighted by Gasteiger charge is -2.27. The third kappa shape index (κ3) is 3.27. The van der Waals surface area contributed by atoms with E-state index in [9.17, 15) is 9.59 Å². The Balaban J connectivity index is 1.49. The number of thiazole rings is 1. The number of H-pyrrole nitrogens is 1. The van der Waals surface area contributed by atoms with E-state index in [0.29, 0.717) is 17.2 Å². The summed E-state index contributed by atoms with van der Waals surface area (Å²) in [6.07, 6.45) is 5.13. The van der Waals surface area contributed by atoms with Gasteiger partial charge in [-0.25, -0.2) is 4.98 Å². The molecular formula is C22H17N5O2S. The van der Waals surface area contributed by atoms with Crippen LogP contribution in [0.5, 0.6) is 0 Å². The molecule has 4 aromatic rings. The average Bonchev–Trinajstić information content (AvgIpc) is 3.52. The van der Waals surface area contributed by atoms with Crippen molar-refractivity contribution in [2.45, 2.75) is 12.6 Å². The molecule has 7 nitrogen and oxygen atoms in total. The number of benzene rings is 2.